The number of carbonyl (C=O) groups excluding carboxylic acids is 1. The molecule has 0 bridgehead atoms. The number of halogens is 1. The van der Waals surface area contributed by atoms with Gasteiger partial charge in [0.15, 0.2) is 5.82 Å². The smallest absolute Gasteiger partial charge is 0.409 e. The number of hydrazine groups is 1. The molecule has 0 aliphatic heterocycles. The van der Waals surface area contributed by atoms with Crippen LogP contribution in [0.25, 0.3) is 0 Å². The zero-order valence-electron chi connectivity index (χ0n) is 11.2. The van der Waals surface area contributed by atoms with Gasteiger partial charge in [0.1, 0.15) is 11.5 Å². The van der Waals surface area contributed by atoms with Crippen molar-refractivity contribution in [2.75, 3.05) is 5.32 Å². The minimum Gasteiger partial charge on any atom is -0.465 e. The number of rotatable bonds is 4. The van der Waals surface area contributed by atoms with Gasteiger partial charge in [-0.3, -0.25) is 15.5 Å². The first-order valence-corrected chi connectivity index (χ1v) is 6.08. The van der Waals surface area contributed by atoms with Crippen molar-refractivity contribution in [2.24, 2.45) is 5.84 Å². The Kier molecular flexibility index (Phi) is 4.54. The quantitative estimate of drug-likeness (QED) is 0.393. The number of anilines is 1. The molecule has 2 amide bonds. The number of nitrogens with one attached hydrogen (secondary N) is 2. The molecule has 2 aromatic rings. The molecule has 0 aliphatic carbocycles. The van der Waals surface area contributed by atoms with Gasteiger partial charge in [0.25, 0.3) is 5.91 Å². The van der Waals surface area contributed by atoms with Crippen LogP contribution in [0.1, 0.15) is 10.4 Å². The highest BCUT2D eigenvalue weighted by atomic mass is 19.1. The van der Waals surface area contributed by atoms with E-state index in [1.165, 1.54) is 24.3 Å². The third kappa shape index (κ3) is 3.70. The molecule has 114 valence electrons. The van der Waals surface area contributed by atoms with Gasteiger partial charge in [-0.2, -0.15) is 0 Å². The third-order valence-electron chi connectivity index (χ3n) is 2.65. The monoisotopic (exact) mass is 305 g/mol. The highest BCUT2D eigenvalue weighted by molar-refractivity contribution is 5.94. The van der Waals surface area contributed by atoms with Crippen molar-refractivity contribution in [3.8, 4) is 11.5 Å². The first-order valence-electron chi connectivity index (χ1n) is 6.08. The fourth-order valence-corrected chi connectivity index (χ4v) is 1.70. The summed E-state index contributed by atoms with van der Waals surface area (Å²) in [6, 6.07) is 9.78. The number of nitrogen functional groups attached to an aromatic ring is 1. The Morgan fingerprint density at radius 1 is 1.14 bits per heavy atom. The number of amides is 2. The number of carboxylic acid groups (broad SMARTS) is 1. The Morgan fingerprint density at radius 3 is 2.50 bits per heavy atom. The van der Waals surface area contributed by atoms with Gasteiger partial charge < -0.3 is 9.84 Å². The summed E-state index contributed by atoms with van der Waals surface area (Å²) in [6.07, 6.45) is -1.37. The normalized spacial score (nSPS) is 9.91. The number of hydrogen-bond acceptors (Lipinski definition) is 4. The summed E-state index contributed by atoms with van der Waals surface area (Å²) < 4.78 is 19.1. The minimum atomic E-state index is -1.37. The van der Waals surface area contributed by atoms with Crippen molar-refractivity contribution >= 4 is 17.7 Å². The van der Waals surface area contributed by atoms with Crippen LogP contribution in [-0.4, -0.2) is 17.1 Å². The van der Waals surface area contributed by atoms with Gasteiger partial charge in [0.05, 0.1) is 5.69 Å². The molecule has 0 aromatic heterocycles. The molecule has 0 spiro atoms. The number of benzene rings is 2. The lowest BCUT2D eigenvalue weighted by molar-refractivity contribution is 0.0953. The summed E-state index contributed by atoms with van der Waals surface area (Å²) in [5.74, 6) is 4.22. The summed E-state index contributed by atoms with van der Waals surface area (Å²) in [5, 5.41) is 10.5. The van der Waals surface area contributed by atoms with Gasteiger partial charge in [0.2, 0.25) is 0 Å². The molecule has 0 aliphatic rings. The molecule has 2 aromatic carbocycles. The summed E-state index contributed by atoms with van der Waals surface area (Å²) in [4.78, 5) is 21.9. The standard InChI is InChI=1S/C14H12FN3O4/c15-11-7-10(4-5-12(11)17-14(20)21)22-9-3-1-2-8(6-9)13(19)18-16/h1-7,17H,16H2,(H,18,19)(H,20,21). The molecule has 8 heteroatoms. The van der Waals surface area contributed by atoms with Crippen molar-refractivity contribution < 1.29 is 23.8 Å². The van der Waals surface area contributed by atoms with Crippen molar-refractivity contribution in [3.63, 3.8) is 0 Å². The van der Waals surface area contributed by atoms with Gasteiger partial charge in [0, 0.05) is 11.6 Å². The van der Waals surface area contributed by atoms with E-state index in [-0.39, 0.29) is 17.0 Å². The van der Waals surface area contributed by atoms with Crippen LogP contribution < -0.4 is 21.3 Å². The van der Waals surface area contributed by atoms with E-state index < -0.39 is 17.8 Å². The SMILES string of the molecule is NNC(=O)c1cccc(Oc2ccc(NC(=O)O)c(F)c2)c1. The van der Waals surface area contributed by atoms with Gasteiger partial charge in [-0.1, -0.05) is 6.07 Å². The second-order valence-corrected chi connectivity index (χ2v) is 4.18. The van der Waals surface area contributed by atoms with E-state index in [9.17, 15) is 14.0 Å². The molecule has 0 saturated heterocycles. The van der Waals surface area contributed by atoms with E-state index in [4.69, 9.17) is 15.7 Å². The Balaban J connectivity index is 2.19. The Morgan fingerprint density at radius 2 is 1.86 bits per heavy atom. The van der Waals surface area contributed by atoms with E-state index in [1.807, 2.05) is 10.7 Å². The van der Waals surface area contributed by atoms with E-state index in [2.05, 4.69) is 0 Å². The molecule has 0 saturated carbocycles. The highest BCUT2D eigenvalue weighted by Crippen LogP contribution is 2.26. The predicted octanol–water partition coefficient (Wildman–Crippen LogP) is 2.31. The Labute approximate surface area is 124 Å². The first-order chi connectivity index (χ1) is 10.5. The summed E-state index contributed by atoms with van der Waals surface area (Å²) >= 11 is 0. The Hall–Kier alpha value is -3.13. The minimum absolute atomic E-state index is 0.152. The second-order valence-electron chi connectivity index (χ2n) is 4.18. The van der Waals surface area contributed by atoms with Crippen LogP contribution in [0.15, 0.2) is 42.5 Å². The van der Waals surface area contributed by atoms with Crippen LogP contribution in [0.4, 0.5) is 14.9 Å². The third-order valence-corrected chi connectivity index (χ3v) is 2.65. The van der Waals surface area contributed by atoms with E-state index >= 15 is 0 Å². The molecule has 2 rings (SSSR count). The van der Waals surface area contributed by atoms with Crippen LogP contribution in [-0.2, 0) is 0 Å². The number of ether oxygens (including phenoxy) is 1. The highest BCUT2D eigenvalue weighted by Gasteiger charge is 2.09. The lowest BCUT2D eigenvalue weighted by Crippen LogP contribution is -2.29. The molecular formula is C14H12FN3O4. The van der Waals surface area contributed by atoms with Gasteiger partial charge >= 0.3 is 6.09 Å². The maximum Gasteiger partial charge on any atom is 0.409 e. The molecule has 5 N–H and O–H groups in total. The topological polar surface area (TPSA) is 114 Å². The molecule has 22 heavy (non-hydrogen) atoms. The summed E-state index contributed by atoms with van der Waals surface area (Å²) in [6.45, 7) is 0. The maximum atomic E-state index is 13.7. The average Bonchev–Trinajstić information content (AvgIpc) is 2.49. The van der Waals surface area contributed by atoms with E-state index in [0.717, 1.165) is 6.07 Å². The van der Waals surface area contributed by atoms with Crippen LogP contribution in [0.2, 0.25) is 0 Å². The number of carbonyl (C=O) groups is 2. The zero-order chi connectivity index (χ0) is 16.1. The zero-order valence-corrected chi connectivity index (χ0v) is 11.2. The lowest BCUT2D eigenvalue weighted by atomic mass is 10.2. The second kappa shape index (κ2) is 6.55. The number of hydrogen-bond donors (Lipinski definition) is 4. The molecule has 0 radical (unpaired) electrons. The summed E-state index contributed by atoms with van der Waals surface area (Å²) in [7, 11) is 0. The van der Waals surface area contributed by atoms with Gasteiger partial charge in [-0.25, -0.2) is 15.0 Å². The predicted molar refractivity (Wildman–Crippen MR) is 76.2 cm³/mol. The van der Waals surface area contributed by atoms with Gasteiger partial charge in [-0.05, 0) is 30.3 Å². The van der Waals surface area contributed by atoms with Crippen LogP contribution in [0, 0.1) is 5.82 Å². The van der Waals surface area contributed by atoms with Crippen LogP contribution in [0.3, 0.4) is 0 Å². The van der Waals surface area contributed by atoms with E-state index in [1.54, 1.807) is 12.1 Å². The van der Waals surface area contributed by atoms with Crippen molar-refractivity contribution in [3.05, 3.63) is 53.8 Å². The molecule has 7 nitrogen and oxygen atoms in total. The molecule has 0 heterocycles. The fraction of sp³-hybridized carbons (Fsp3) is 0. The van der Waals surface area contributed by atoms with Gasteiger partial charge in [-0.15, -0.1) is 0 Å². The maximum absolute atomic E-state index is 13.7. The summed E-state index contributed by atoms with van der Waals surface area (Å²) in [5.41, 5.74) is 2.09. The van der Waals surface area contributed by atoms with E-state index in [0.29, 0.717) is 5.75 Å². The fourth-order valence-electron chi connectivity index (χ4n) is 1.70. The van der Waals surface area contributed by atoms with Crippen LogP contribution >= 0.6 is 0 Å². The van der Waals surface area contributed by atoms with Crippen molar-refractivity contribution in [1.29, 1.82) is 0 Å². The van der Waals surface area contributed by atoms with Crippen LogP contribution in [0.5, 0.6) is 11.5 Å². The largest absolute Gasteiger partial charge is 0.465 e. The molecule has 0 atom stereocenters. The average molecular weight is 305 g/mol. The lowest BCUT2D eigenvalue weighted by Gasteiger charge is -2.09. The molecular weight excluding hydrogens is 293 g/mol. The molecule has 0 unspecified atom stereocenters. The van der Waals surface area contributed by atoms with Crippen molar-refractivity contribution in [1.82, 2.24) is 5.43 Å². The molecule has 0 fully saturated rings. The number of nitrogens with two attached hydrogens (primary N) is 1. The first kappa shape index (κ1) is 15.3. The Bertz CT molecular complexity index is 721. The van der Waals surface area contributed by atoms with Crippen molar-refractivity contribution in [2.45, 2.75) is 0 Å².